The molecule has 1 heterocycles. The van der Waals surface area contributed by atoms with Gasteiger partial charge in [0.15, 0.2) is 0 Å². The van der Waals surface area contributed by atoms with Gasteiger partial charge in [-0.3, -0.25) is 0 Å². The van der Waals surface area contributed by atoms with Gasteiger partial charge in [0.2, 0.25) is 0 Å². The summed E-state index contributed by atoms with van der Waals surface area (Å²) in [7, 11) is 0. The van der Waals surface area contributed by atoms with E-state index in [1.165, 1.54) is 17.8 Å². The van der Waals surface area contributed by atoms with Gasteiger partial charge in [-0.15, -0.1) is 11.3 Å². The summed E-state index contributed by atoms with van der Waals surface area (Å²) < 4.78 is 0. The second kappa shape index (κ2) is 5.04. The molecule has 0 bridgehead atoms. The fraction of sp³-hybridized carbons (Fsp3) is 0.769. The average molecular weight is 254 g/mol. The number of aliphatic hydroxyl groups excluding tert-OH is 1. The van der Waals surface area contributed by atoms with E-state index >= 15 is 0 Å². The van der Waals surface area contributed by atoms with Crippen LogP contribution in [0.4, 0.5) is 0 Å². The molecule has 96 valence electrons. The number of nitrogens with one attached hydrogen (secondary N) is 1. The molecule has 1 fully saturated rings. The summed E-state index contributed by atoms with van der Waals surface area (Å²) in [5, 5.41) is 16.6. The summed E-state index contributed by atoms with van der Waals surface area (Å²) in [5.41, 5.74) is 1.05. The minimum absolute atomic E-state index is 0.0613. The predicted molar refractivity (Wildman–Crippen MR) is 71.3 cm³/mol. The quantitative estimate of drug-likeness (QED) is 0.848. The van der Waals surface area contributed by atoms with Crippen molar-refractivity contribution in [3.05, 3.63) is 16.1 Å². The third-order valence-corrected chi connectivity index (χ3v) is 4.20. The van der Waals surface area contributed by atoms with Gasteiger partial charge in [0, 0.05) is 24.4 Å². The minimum Gasteiger partial charge on any atom is -0.391 e. The lowest BCUT2D eigenvalue weighted by molar-refractivity contribution is 0.0627. The van der Waals surface area contributed by atoms with Crippen molar-refractivity contribution in [2.24, 2.45) is 5.41 Å². The first-order chi connectivity index (χ1) is 7.97. The van der Waals surface area contributed by atoms with Crippen LogP contribution in [-0.4, -0.2) is 22.7 Å². The maximum Gasteiger partial charge on any atom is 0.0959 e. The van der Waals surface area contributed by atoms with E-state index in [9.17, 15) is 5.11 Å². The standard InChI is InChI=1S/C13H22N2OS/c1-13(2,3)11(16)7-14-6-10-8-17-12(15-10)9-4-5-9/h8-9,11,14,16H,4-7H2,1-3H3. The van der Waals surface area contributed by atoms with Gasteiger partial charge in [-0.25, -0.2) is 4.98 Å². The summed E-state index contributed by atoms with van der Waals surface area (Å²) in [4.78, 5) is 4.61. The largest absolute Gasteiger partial charge is 0.391 e. The van der Waals surface area contributed by atoms with E-state index in [0.717, 1.165) is 18.2 Å². The van der Waals surface area contributed by atoms with Crippen LogP contribution in [0.1, 0.15) is 50.2 Å². The number of thiazole rings is 1. The third-order valence-electron chi connectivity index (χ3n) is 3.14. The van der Waals surface area contributed by atoms with E-state index in [1.807, 2.05) is 20.8 Å². The van der Waals surface area contributed by atoms with Gasteiger partial charge in [0.1, 0.15) is 0 Å². The number of hydrogen-bond acceptors (Lipinski definition) is 4. The number of aromatic nitrogens is 1. The highest BCUT2D eigenvalue weighted by Gasteiger charge is 2.26. The smallest absolute Gasteiger partial charge is 0.0959 e. The molecule has 4 heteroatoms. The first-order valence-corrected chi connectivity index (χ1v) is 7.18. The Balaban J connectivity index is 1.74. The molecule has 2 N–H and O–H groups in total. The second-order valence-corrected chi connectivity index (χ2v) is 6.85. The van der Waals surface area contributed by atoms with Crippen LogP contribution in [0.25, 0.3) is 0 Å². The van der Waals surface area contributed by atoms with Crippen LogP contribution in [-0.2, 0) is 6.54 Å². The van der Waals surface area contributed by atoms with Gasteiger partial charge in [0.05, 0.1) is 16.8 Å². The average Bonchev–Trinajstić information content (AvgIpc) is 2.98. The van der Waals surface area contributed by atoms with E-state index in [2.05, 4.69) is 15.7 Å². The van der Waals surface area contributed by atoms with E-state index < -0.39 is 0 Å². The molecule has 1 unspecified atom stereocenters. The van der Waals surface area contributed by atoms with Gasteiger partial charge in [-0.2, -0.15) is 0 Å². The summed E-state index contributed by atoms with van der Waals surface area (Å²) in [6.07, 6.45) is 2.30. The Kier molecular flexibility index (Phi) is 3.85. The van der Waals surface area contributed by atoms with Crippen LogP contribution in [0.5, 0.6) is 0 Å². The van der Waals surface area contributed by atoms with E-state index in [4.69, 9.17) is 0 Å². The van der Waals surface area contributed by atoms with Crippen molar-refractivity contribution in [1.82, 2.24) is 10.3 Å². The number of nitrogens with zero attached hydrogens (tertiary/aromatic N) is 1. The molecule has 1 aromatic rings. The Bertz CT molecular complexity index is 366. The van der Waals surface area contributed by atoms with Crippen LogP contribution in [0.15, 0.2) is 5.38 Å². The third kappa shape index (κ3) is 3.76. The first kappa shape index (κ1) is 13.0. The minimum atomic E-state index is -0.316. The van der Waals surface area contributed by atoms with E-state index in [-0.39, 0.29) is 11.5 Å². The number of aliphatic hydroxyl groups is 1. The number of rotatable bonds is 5. The molecule has 0 aliphatic heterocycles. The highest BCUT2D eigenvalue weighted by molar-refractivity contribution is 7.09. The Morgan fingerprint density at radius 2 is 2.24 bits per heavy atom. The predicted octanol–water partition coefficient (Wildman–Crippen LogP) is 2.52. The summed E-state index contributed by atoms with van der Waals surface area (Å²) in [6, 6.07) is 0. The summed E-state index contributed by atoms with van der Waals surface area (Å²) in [6.45, 7) is 7.53. The normalized spacial score (nSPS) is 18.4. The van der Waals surface area contributed by atoms with Crippen molar-refractivity contribution in [3.63, 3.8) is 0 Å². The SMILES string of the molecule is CC(C)(C)C(O)CNCc1csc(C2CC2)n1. The van der Waals surface area contributed by atoms with Gasteiger partial charge in [-0.1, -0.05) is 20.8 Å². The Labute approximate surface area is 107 Å². The van der Waals surface area contributed by atoms with Crippen molar-refractivity contribution < 1.29 is 5.11 Å². The Hall–Kier alpha value is -0.450. The van der Waals surface area contributed by atoms with Crippen molar-refractivity contribution in [2.75, 3.05) is 6.54 Å². The molecule has 0 radical (unpaired) electrons. The molecule has 1 saturated carbocycles. The molecule has 0 spiro atoms. The van der Waals surface area contributed by atoms with E-state index in [0.29, 0.717) is 6.54 Å². The van der Waals surface area contributed by atoms with Crippen molar-refractivity contribution >= 4 is 11.3 Å². The molecule has 3 nitrogen and oxygen atoms in total. The number of hydrogen-bond donors (Lipinski definition) is 2. The van der Waals surface area contributed by atoms with Crippen LogP contribution in [0.3, 0.4) is 0 Å². The molecule has 1 aliphatic carbocycles. The van der Waals surface area contributed by atoms with Crippen LogP contribution < -0.4 is 5.32 Å². The van der Waals surface area contributed by atoms with E-state index in [1.54, 1.807) is 11.3 Å². The Morgan fingerprint density at radius 3 is 2.82 bits per heavy atom. The van der Waals surface area contributed by atoms with Crippen LogP contribution in [0, 0.1) is 5.41 Å². The van der Waals surface area contributed by atoms with Gasteiger partial charge in [-0.05, 0) is 18.3 Å². The van der Waals surface area contributed by atoms with Crippen LogP contribution in [0.2, 0.25) is 0 Å². The molecular formula is C13H22N2OS. The zero-order chi connectivity index (χ0) is 12.5. The molecule has 17 heavy (non-hydrogen) atoms. The lowest BCUT2D eigenvalue weighted by Crippen LogP contribution is -2.36. The fourth-order valence-corrected chi connectivity index (χ4v) is 2.56. The molecule has 1 aromatic heterocycles. The van der Waals surface area contributed by atoms with Crippen molar-refractivity contribution in [3.8, 4) is 0 Å². The Morgan fingerprint density at radius 1 is 1.53 bits per heavy atom. The summed E-state index contributed by atoms with van der Waals surface area (Å²) >= 11 is 1.77. The zero-order valence-electron chi connectivity index (χ0n) is 10.9. The van der Waals surface area contributed by atoms with Crippen LogP contribution >= 0.6 is 11.3 Å². The molecular weight excluding hydrogens is 232 g/mol. The lowest BCUT2D eigenvalue weighted by atomic mass is 9.89. The monoisotopic (exact) mass is 254 g/mol. The van der Waals surface area contributed by atoms with Gasteiger partial charge >= 0.3 is 0 Å². The maximum atomic E-state index is 9.89. The molecule has 0 aromatic carbocycles. The highest BCUT2D eigenvalue weighted by atomic mass is 32.1. The second-order valence-electron chi connectivity index (χ2n) is 5.96. The zero-order valence-corrected chi connectivity index (χ0v) is 11.7. The van der Waals surface area contributed by atoms with Crippen molar-refractivity contribution in [2.45, 2.75) is 52.2 Å². The van der Waals surface area contributed by atoms with Gasteiger partial charge in [0.25, 0.3) is 0 Å². The van der Waals surface area contributed by atoms with Crippen molar-refractivity contribution in [1.29, 1.82) is 0 Å². The van der Waals surface area contributed by atoms with Gasteiger partial charge < -0.3 is 10.4 Å². The first-order valence-electron chi connectivity index (χ1n) is 6.30. The molecule has 1 atom stereocenters. The molecule has 0 saturated heterocycles. The topological polar surface area (TPSA) is 45.1 Å². The lowest BCUT2D eigenvalue weighted by Gasteiger charge is -2.25. The fourth-order valence-electron chi connectivity index (χ4n) is 1.56. The maximum absolute atomic E-state index is 9.89. The molecule has 0 amide bonds. The highest BCUT2D eigenvalue weighted by Crippen LogP contribution is 2.41. The summed E-state index contributed by atoms with van der Waals surface area (Å²) in [5.74, 6) is 0.744. The molecule has 1 aliphatic rings. The molecule has 2 rings (SSSR count).